The Hall–Kier alpha value is -0.420. The molecule has 2 atom stereocenters. The lowest BCUT2D eigenvalue weighted by molar-refractivity contribution is -0.136. The van der Waals surface area contributed by atoms with Gasteiger partial charge in [0, 0.05) is 0 Å². The zero-order valence-electron chi connectivity index (χ0n) is 5.34. The average molecular weight is 180 g/mol. The monoisotopic (exact) mass is 180 g/mol. The first-order valence-electron chi connectivity index (χ1n) is 2.74. The summed E-state index contributed by atoms with van der Waals surface area (Å²) in [5.74, 6) is -4.57. The minimum atomic E-state index is -4.57. The average Bonchev–Trinajstić information content (AvgIpc) is 2.01. The van der Waals surface area contributed by atoms with Gasteiger partial charge in [-0.3, -0.25) is 0 Å². The number of alkyl halides is 6. The summed E-state index contributed by atoms with van der Waals surface area (Å²) in [7, 11) is 0. The van der Waals surface area contributed by atoms with Crippen LogP contribution in [0, 0.1) is 0 Å². The van der Waals surface area contributed by atoms with Gasteiger partial charge in [0.25, 0.3) is 0 Å². The molecular formula is C5H6F6. The minimum absolute atomic E-state index is 2.02. The second kappa shape index (κ2) is 3.82. The van der Waals surface area contributed by atoms with Gasteiger partial charge in [0.2, 0.25) is 0 Å². The molecule has 0 saturated heterocycles. The van der Waals surface area contributed by atoms with E-state index in [0.717, 1.165) is 0 Å². The maximum atomic E-state index is 12.0. The van der Waals surface area contributed by atoms with Gasteiger partial charge in [0.1, 0.15) is 13.3 Å². The highest BCUT2D eigenvalue weighted by atomic mass is 19.3. The molecule has 0 N–H and O–H groups in total. The summed E-state index contributed by atoms with van der Waals surface area (Å²) in [6.45, 7) is -4.04. The van der Waals surface area contributed by atoms with E-state index in [0.29, 0.717) is 0 Å². The van der Waals surface area contributed by atoms with Gasteiger partial charge in [-0.2, -0.15) is 8.78 Å². The van der Waals surface area contributed by atoms with Crippen molar-refractivity contribution in [1.82, 2.24) is 0 Å². The molecule has 0 aliphatic rings. The van der Waals surface area contributed by atoms with Crippen molar-refractivity contribution in [1.29, 1.82) is 0 Å². The summed E-state index contributed by atoms with van der Waals surface area (Å²) in [5.41, 5.74) is 0. The Labute approximate surface area is 59.2 Å². The lowest BCUT2D eigenvalue weighted by Gasteiger charge is -2.19. The van der Waals surface area contributed by atoms with Crippen molar-refractivity contribution in [2.45, 2.75) is 18.3 Å². The van der Waals surface area contributed by atoms with Crippen LogP contribution in [-0.2, 0) is 0 Å². The lowest BCUT2D eigenvalue weighted by atomic mass is 10.1. The molecule has 0 aromatic rings. The molecular weight excluding hydrogens is 174 g/mol. The van der Waals surface area contributed by atoms with Crippen molar-refractivity contribution in [2.75, 3.05) is 13.3 Å². The maximum Gasteiger partial charge on any atom is 0.314 e. The van der Waals surface area contributed by atoms with E-state index in [-0.39, 0.29) is 0 Å². The van der Waals surface area contributed by atoms with Crippen molar-refractivity contribution < 1.29 is 26.3 Å². The van der Waals surface area contributed by atoms with Crippen molar-refractivity contribution in [3.05, 3.63) is 0 Å². The van der Waals surface area contributed by atoms with Gasteiger partial charge < -0.3 is 0 Å². The van der Waals surface area contributed by atoms with Gasteiger partial charge in [-0.1, -0.05) is 0 Å². The molecule has 0 radical (unpaired) electrons. The fraction of sp³-hybridized carbons (Fsp3) is 1.00. The van der Waals surface area contributed by atoms with Crippen LogP contribution in [0.3, 0.4) is 0 Å². The van der Waals surface area contributed by atoms with Crippen LogP contribution in [0.4, 0.5) is 26.3 Å². The second-order valence-electron chi connectivity index (χ2n) is 1.92. The molecule has 2 unspecified atom stereocenters. The molecule has 11 heavy (non-hydrogen) atoms. The van der Waals surface area contributed by atoms with Crippen LogP contribution in [-0.4, -0.2) is 31.6 Å². The number of rotatable bonds is 4. The molecule has 0 nitrogen and oxygen atoms in total. The quantitative estimate of drug-likeness (QED) is 0.582. The highest BCUT2D eigenvalue weighted by Crippen LogP contribution is 2.28. The van der Waals surface area contributed by atoms with E-state index in [4.69, 9.17) is 0 Å². The zero-order valence-corrected chi connectivity index (χ0v) is 5.34. The molecule has 0 aliphatic heterocycles. The molecule has 0 amide bonds. The maximum absolute atomic E-state index is 12.0. The van der Waals surface area contributed by atoms with Crippen LogP contribution in [0.15, 0.2) is 0 Å². The van der Waals surface area contributed by atoms with Crippen LogP contribution in [0.25, 0.3) is 0 Å². The molecule has 0 spiro atoms. The molecule has 0 rings (SSSR count). The number of hydrogen-bond acceptors (Lipinski definition) is 0. The smallest absolute Gasteiger partial charge is 0.248 e. The van der Waals surface area contributed by atoms with Crippen LogP contribution >= 0.6 is 0 Å². The third-order valence-electron chi connectivity index (χ3n) is 1.11. The van der Waals surface area contributed by atoms with Crippen molar-refractivity contribution in [2.24, 2.45) is 0 Å². The Balaban J connectivity index is 4.18. The number of hydrogen-bond donors (Lipinski definition) is 0. The third-order valence-corrected chi connectivity index (χ3v) is 1.11. The van der Waals surface area contributed by atoms with Gasteiger partial charge >= 0.3 is 5.92 Å². The van der Waals surface area contributed by atoms with Gasteiger partial charge in [0.15, 0.2) is 12.3 Å². The van der Waals surface area contributed by atoms with E-state index in [1.165, 1.54) is 0 Å². The molecule has 0 aromatic carbocycles. The Kier molecular flexibility index (Phi) is 3.68. The highest BCUT2D eigenvalue weighted by molar-refractivity contribution is 4.84. The summed E-state index contributed by atoms with van der Waals surface area (Å²) in [5, 5.41) is 0. The van der Waals surface area contributed by atoms with E-state index in [1.807, 2.05) is 0 Å². The van der Waals surface area contributed by atoms with E-state index in [2.05, 4.69) is 0 Å². The van der Waals surface area contributed by atoms with E-state index < -0.39 is 31.6 Å². The Morgan fingerprint density at radius 2 is 1.18 bits per heavy atom. The van der Waals surface area contributed by atoms with Gasteiger partial charge in [-0.15, -0.1) is 0 Å². The molecule has 0 heterocycles. The lowest BCUT2D eigenvalue weighted by Crippen LogP contribution is -2.42. The van der Waals surface area contributed by atoms with Gasteiger partial charge in [-0.05, 0) is 0 Å². The number of halogens is 6. The Morgan fingerprint density at radius 3 is 1.36 bits per heavy atom. The highest BCUT2D eigenvalue weighted by Gasteiger charge is 2.48. The second-order valence-corrected chi connectivity index (χ2v) is 1.92. The summed E-state index contributed by atoms with van der Waals surface area (Å²) in [6, 6.07) is 0. The van der Waals surface area contributed by atoms with Crippen LogP contribution < -0.4 is 0 Å². The Morgan fingerprint density at radius 1 is 0.909 bits per heavy atom. The first-order valence-corrected chi connectivity index (χ1v) is 2.74. The molecule has 0 fully saturated rings. The molecule has 0 aliphatic carbocycles. The van der Waals surface area contributed by atoms with Crippen LogP contribution in [0.1, 0.15) is 0 Å². The molecule has 6 heteroatoms. The van der Waals surface area contributed by atoms with Crippen molar-refractivity contribution in [3.63, 3.8) is 0 Å². The summed E-state index contributed by atoms with van der Waals surface area (Å²) >= 11 is 0. The first kappa shape index (κ1) is 10.6. The van der Waals surface area contributed by atoms with Crippen LogP contribution in [0.5, 0.6) is 0 Å². The summed E-state index contributed by atoms with van der Waals surface area (Å²) in [4.78, 5) is 0. The predicted octanol–water partition coefficient (Wildman–Crippen LogP) is 2.24. The van der Waals surface area contributed by atoms with Gasteiger partial charge in [0.05, 0.1) is 0 Å². The van der Waals surface area contributed by atoms with Gasteiger partial charge in [-0.25, -0.2) is 17.6 Å². The molecule has 0 bridgehead atoms. The van der Waals surface area contributed by atoms with E-state index >= 15 is 0 Å². The SMILES string of the molecule is FCC(F)C(F)(F)C(F)CF. The fourth-order valence-corrected chi connectivity index (χ4v) is 0.402. The van der Waals surface area contributed by atoms with Crippen molar-refractivity contribution >= 4 is 0 Å². The fourth-order valence-electron chi connectivity index (χ4n) is 0.402. The Bertz CT molecular complexity index is 102. The third kappa shape index (κ3) is 2.27. The molecule has 0 saturated carbocycles. The molecule has 68 valence electrons. The van der Waals surface area contributed by atoms with E-state index in [9.17, 15) is 26.3 Å². The summed E-state index contributed by atoms with van der Waals surface area (Å²) < 4.78 is 70.1. The van der Waals surface area contributed by atoms with E-state index in [1.54, 1.807) is 0 Å². The minimum Gasteiger partial charge on any atom is -0.248 e. The topological polar surface area (TPSA) is 0 Å². The first-order chi connectivity index (χ1) is 4.96. The van der Waals surface area contributed by atoms with Crippen molar-refractivity contribution in [3.8, 4) is 0 Å². The largest absolute Gasteiger partial charge is 0.314 e. The molecule has 0 aromatic heterocycles. The summed E-state index contributed by atoms with van der Waals surface area (Å²) in [6.07, 6.45) is -6.54. The predicted molar refractivity (Wildman–Crippen MR) is 26.7 cm³/mol. The standard InChI is InChI=1S/C5H6F6/c6-1-3(8)5(10,11)4(9)2-7/h3-4H,1-2H2. The van der Waals surface area contributed by atoms with Crippen LogP contribution in [0.2, 0.25) is 0 Å². The zero-order chi connectivity index (χ0) is 9.07. The normalized spacial score (nSPS) is 18.0.